The number of hydrogen-bond acceptors (Lipinski definition) is 3. The van der Waals surface area contributed by atoms with Gasteiger partial charge in [0, 0.05) is 6.66 Å². The molecule has 0 amide bonds. The standard InChI is InChI=1S/C6H15N.C2H8NO2P/c1-2-3-4-5-6-7;1-6(4,5)2-3/h2-7H2,1H3;2-3H2,1H3,(H,4,5). The number of unbranched alkanes of at least 4 members (excludes halogenated alkanes) is 3. The summed E-state index contributed by atoms with van der Waals surface area (Å²) in [6.45, 7) is 4.30. The van der Waals surface area contributed by atoms with Crippen molar-refractivity contribution >= 4 is 7.37 Å². The molecule has 0 bridgehead atoms. The molecule has 5 N–H and O–H groups in total. The van der Waals surface area contributed by atoms with E-state index >= 15 is 0 Å². The van der Waals surface area contributed by atoms with Gasteiger partial charge in [0.2, 0.25) is 7.37 Å². The Morgan fingerprint density at radius 3 is 1.92 bits per heavy atom. The van der Waals surface area contributed by atoms with Crippen LogP contribution < -0.4 is 11.5 Å². The molecule has 0 aromatic carbocycles. The van der Waals surface area contributed by atoms with E-state index in [2.05, 4.69) is 6.92 Å². The van der Waals surface area contributed by atoms with Gasteiger partial charge in [-0.15, -0.1) is 0 Å². The highest BCUT2D eigenvalue weighted by atomic mass is 31.2. The van der Waals surface area contributed by atoms with Gasteiger partial charge in [-0.2, -0.15) is 0 Å². The first-order valence-electron chi connectivity index (χ1n) is 4.67. The Kier molecular flexibility index (Phi) is 12.2. The Bertz CT molecular complexity index is 132. The zero-order valence-corrected chi connectivity index (χ0v) is 9.59. The number of rotatable bonds is 5. The van der Waals surface area contributed by atoms with E-state index in [1.165, 1.54) is 32.3 Å². The average Bonchev–Trinajstić information content (AvgIpc) is 2.06. The lowest BCUT2D eigenvalue weighted by Crippen LogP contribution is -1.97. The van der Waals surface area contributed by atoms with Crippen LogP contribution >= 0.6 is 7.37 Å². The smallest absolute Gasteiger partial charge is 0.210 e. The Balaban J connectivity index is 0. The molecule has 0 aliphatic rings. The second-order valence-electron chi connectivity index (χ2n) is 3.08. The van der Waals surface area contributed by atoms with E-state index < -0.39 is 7.37 Å². The van der Waals surface area contributed by atoms with Gasteiger partial charge in [0.05, 0.1) is 6.29 Å². The molecule has 0 rings (SSSR count). The van der Waals surface area contributed by atoms with Crippen LogP contribution in [0.3, 0.4) is 0 Å². The van der Waals surface area contributed by atoms with E-state index in [1.54, 1.807) is 0 Å². The summed E-state index contributed by atoms with van der Waals surface area (Å²) in [5, 5.41) is 0. The highest BCUT2D eigenvalue weighted by Gasteiger charge is 2.01. The second-order valence-corrected chi connectivity index (χ2v) is 5.55. The van der Waals surface area contributed by atoms with E-state index in [9.17, 15) is 4.57 Å². The minimum atomic E-state index is -2.87. The van der Waals surface area contributed by atoms with Crippen molar-refractivity contribution in [2.45, 2.75) is 32.6 Å². The molecule has 1 atom stereocenters. The minimum Gasteiger partial charge on any atom is -0.344 e. The molecule has 0 heterocycles. The first-order valence-corrected chi connectivity index (χ1v) is 6.96. The lowest BCUT2D eigenvalue weighted by molar-refractivity contribution is 0.485. The maximum Gasteiger partial charge on any atom is 0.210 e. The largest absolute Gasteiger partial charge is 0.344 e. The predicted molar refractivity (Wildman–Crippen MR) is 58.0 cm³/mol. The summed E-state index contributed by atoms with van der Waals surface area (Å²) in [5.41, 5.74) is 10.1. The Morgan fingerprint density at radius 1 is 1.23 bits per heavy atom. The van der Waals surface area contributed by atoms with E-state index in [0.717, 1.165) is 6.54 Å². The van der Waals surface area contributed by atoms with Crippen molar-refractivity contribution in [3.8, 4) is 0 Å². The van der Waals surface area contributed by atoms with Crippen LogP contribution in [0.1, 0.15) is 32.6 Å². The van der Waals surface area contributed by atoms with E-state index in [4.69, 9.17) is 16.4 Å². The summed E-state index contributed by atoms with van der Waals surface area (Å²) in [6, 6.07) is 0. The normalized spacial score (nSPS) is 14.2. The van der Waals surface area contributed by atoms with Gasteiger partial charge < -0.3 is 16.4 Å². The van der Waals surface area contributed by atoms with Crippen molar-refractivity contribution in [2.24, 2.45) is 11.5 Å². The van der Waals surface area contributed by atoms with Gasteiger partial charge in [-0.05, 0) is 13.0 Å². The zero-order chi connectivity index (χ0) is 10.7. The average molecular weight is 210 g/mol. The van der Waals surface area contributed by atoms with Gasteiger partial charge in [0.1, 0.15) is 0 Å². The summed E-state index contributed by atoms with van der Waals surface area (Å²) in [6.07, 6.45) is 5.05. The second kappa shape index (κ2) is 10.2. The molecule has 0 saturated heterocycles. The Labute approximate surface area is 81.1 Å². The van der Waals surface area contributed by atoms with Crippen LogP contribution in [-0.2, 0) is 4.57 Å². The summed E-state index contributed by atoms with van der Waals surface area (Å²) in [4.78, 5) is 8.26. The van der Waals surface area contributed by atoms with Gasteiger partial charge in [-0.3, -0.25) is 4.57 Å². The van der Waals surface area contributed by atoms with Gasteiger partial charge in [0.15, 0.2) is 0 Å². The lowest BCUT2D eigenvalue weighted by atomic mass is 10.2. The van der Waals surface area contributed by atoms with E-state index in [1.807, 2.05) is 0 Å². The summed E-state index contributed by atoms with van der Waals surface area (Å²) >= 11 is 0. The van der Waals surface area contributed by atoms with Crippen LogP contribution in [0.4, 0.5) is 0 Å². The van der Waals surface area contributed by atoms with Crippen molar-refractivity contribution in [3.05, 3.63) is 0 Å². The third-order valence-electron chi connectivity index (χ3n) is 1.40. The Morgan fingerprint density at radius 2 is 1.69 bits per heavy atom. The zero-order valence-electron chi connectivity index (χ0n) is 8.70. The van der Waals surface area contributed by atoms with Gasteiger partial charge >= 0.3 is 0 Å². The van der Waals surface area contributed by atoms with Gasteiger partial charge in [0.25, 0.3) is 0 Å². The fraction of sp³-hybridized carbons (Fsp3) is 1.00. The molecule has 82 valence electrons. The molecule has 1 unspecified atom stereocenters. The van der Waals surface area contributed by atoms with Gasteiger partial charge in [-0.1, -0.05) is 26.2 Å². The summed E-state index contributed by atoms with van der Waals surface area (Å²) in [7, 11) is -2.87. The van der Waals surface area contributed by atoms with Crippen molar-refractivity contribution < 1.29 is 9.46 Å². The molecule has 0 aromatic heterocycles. The molecular formula is C8H23N2O2P. The van der Waals surface area contributed by atoms with Crippen LogP contribution in [0.5, 0.6) is 0 Å². The third kappa shape index (κ3) is 24.5. The maximum absolute atomic E-state index is 10.0. The fourth-order valence-corrected chi connectivity index (χ4v) is 0.571. The predicted octanol–water partition coefficient (Wildman–Crippen LogP) is 1.33. The molecule has 0 saturated carbocycles. The SMILES string of the molecule is CCCCCCN.CP(=O)(O)CN. The Hall–Kier alpha value is 0.110. The van der Waals surface area contributed by atoms with Crippen LogP contribution in [-0.4, -0.2) is 24.4 Å². The molecule has 5 heteroatoms. The van der Waals surface area contributed by atoms with Crippen LogP contribution in [0.25, 0.3) is 0 Å². The molecule has 0 fully saturated rings. The third-order valence-corrected chi connectivity index (χ3v) is 2.07. The van der Waals surface area contributed by atoms with E-state index in [-0.39, 0.29) is 6.29 Å². The molecule has 0 aliphatic carbocycles. The molecule has 0 aromatic rings. The molecular weight excluding hydrogens is 187 g/mol. The summed E-state index contributed by atoms with van der Waals surface area (Å²) in [5.74, 6) is 0. The van der Waals surface area contributed by atoms with Crippen molar-refractivity contribution in [3.63, 3.8) is 0 Å². The monoisotopic (exact) mass is 210 g/mol. The number of hydrogen-bond donors (Lipinski definition) is 3. The minimum absolute atomic E-state index is 0.118. The number of nitrogens with two attached hydrogens (primary N) is 2. The van der Waals surface area contributed by atoms with Gasteiger partial charge in [-0.25, -0.2) is 0 Å². The molecule has 0 spiro atoms. The maximum atomic E-state index is 10.0. The van der Waals surface area contributed by atoms with E-state index in [0.29, 0.717) is 0 Å². The van der Waals surface area contributed by atoms with Crippen LogP contribution in [0, 0.1) is 0 Å². The summed E-state index contributed by atoms with van der Waals surface area (Å²) < 4.78 is 10.0. The highest BCUT2D eigenvalue weighted by Crippen LogP contribution is 2.31. The first-order chi connectivity index (χ1) is 5.97. The van der Waals surface area contributed by atoms with Crippen LogP contribution in [0.2, 0.25) is 0 Å². The molecule has 13 heavy (non-hydrogen) atoms. The topological polar surface area (TPSA) is 89.3 Å². The quantitative estimate of drug-likeness (QED) is 0.471. The highest BCUT2D eigenvalue weighted by molar-refractivity contribution is 7.57. The van der Waals surface area contributed by atoms with Crippen molar-refractivity contribution in [2.75, 3.05) is 19.5 Å². The molecule has 0 radical (unpaired) electrons. The van der Waals surface area contributed by atoms with Crippen molar-refractivity contribution in [1.82, 2.24) is 0 Å². The van der Waals surface area contributed by atoms with Crippen LogP contribution in [0.15, 0.2) is 0 Å². The molecule has 0 aliphatic heterocycles. The first kappa shape index (κ1) is 15.6. The lowest BCUT2D eigenvalue weighted by Gasteiger charge is -1.94. The molecule has 4 nitrogen and oxygen atoms in total. The van der Waals surface area contributed by atoms with Crippen molar-refractivity contribution in [1.29, 1.82) is 0 Å². The fourth-order valence-electron chi connectivity index (χ4n) is 0.571.